The molecule has 27 heavy (non-hydrogen) atoms. The molecule has 0 spiro atoms. The molecule has 0 aromatic rings. The fraction of sp³-hybridized carbons (Fsp3) is 0.750. The van der Waals surface area contributed by atoms with Crippen molar-refractivity contribution in [1.29, 1.82) is 0 Å². The zero-order valence-electron chi connectivity index (χ0n) is 15.7. The third kappa shape index (κ3) is 8.69. The van der Waals surface area contributed by atoms with E-state index in [2.05, 4.69) is 5.32 Å². The predicted octanol–water partition coefficient (Wildman–Crippen LogP) is -0.0995. The third-order valence-electron chi connectivity index (χ3n) is 3.37. The molecule has 0 saturated carbocycles. The van der Waals surface area contributed by atoms with E-state index < -0.39 is 48.6 Å². The first kappa shape index (κ1) is 22.6. The zero-order valence-corrected chi connectivity index (χ0v) is 15.7. The summed E-state index contributed by atoms with van der Waals surface area (Å²) in [7, 11) is 1.48. The summed E-state index contributed by atoms with van der Waals surface area (Å²) < 4.78 is 30.8. The molecule has 11 nitrogen and oxygen atoms in total. The molecule has 0 bridgehead atoms. The van der Waals surface area contributed by atoms with Crippen LogP contribution in [-0.2, 0) is 42.8 Å². The highest BCUT2D eigenvalue weighted by atomic mass is 16.7. The van der Waals surface area contributed by atoms with Gasteiger partial charge in [0.25, 0.3) is 0 Å². The van der Waals surface area contributed by atoms with Crippen molar-refractivity contribution in [2.75, 3.05) is 26.9 Å². The van der Waals surface area contributed by atoms with Crippen LogP contribution >= 0.6 is 0 Å². The van der Waals surface area contributed by atoms with Gasteiger partial charge >= 0.3 is 24.0 Å². The summed E-state index contributed by atoms with van der Waals surface area (Å²) in [6.45, 7) is 3.80. The minimum absolute atomic E-state index is 0.0637. The molecule has 1 rings (SSSR count). The summed E-state index contributed by atoms with van der Waals surface area (Å²) in [4.78, 5) is 45.7. The molecule has 0 unspecified atom stereocenters. The van der Waals surface area contributed by atoms with Gasteiger partial charge in [-0.05, 0) is 0 Å². The maximum Gasteiger partial charge on any atom is 0.409 e. The molecule has 0 radical (unpaired) electrons. The quantitative estimate of drug-likeness (QED) is 0.339. The molecule has 1 aliphatic heterocycles. The number of nitrogens with one attached hydrogen (secondary N) is 1. The van der Waals surface area contributed by atoms with Crippen molar-refractivity contribution in [3.8, 4) is 0 Å². The van der Waals surface area contributed by atoms with Crippen LogP contribution in [0.4, 0.5) is 4.79 Å². The van der Waals surface area contributed by atoms with Gasteiger partial charge in [-0.2, -0.15) is 0 Å². The van der Waals surface area contributed by atoms with Crippen molar-refractivity contribution in [3.63, 3.8) is 0 Å². The van der Waals surface area contributed by atoms with Crippen LogP contribution < -0.4 is 5.32 Å². The van der Waals surface area contributed by atoms with Gasteiger partial charge in [-0.15, -0.1) is 0 Å². The second-order valence-electron chi connectivity index (χ2n) is 5.69. The topological polar surface area (TPSA) is 136 Å². The summed E-state index contributed by atoms with van der Waals surface area (Å²) in [6, 6.07) is 0. The third-order valence-corrected chi connectivity index (χ3v) is 3.37. The Kier molecular flexibility index (Phi) is 9.51. The average Bonchev–Trinajstić information content (AvgIpc) is 2.54. The predicted molar refractivity (Wildman–Crippen MR) is 87.4 cm³/mol. The number of hydrogen-bond donors (Lipinski definition) is 1. The van der Waals surface area contributed by atoms with E-state index in [1.54, 1.807) is 0 Å². The molecule has 1 N–H and O–H groups in total. The number of methoxy groups -OCH3 is 1. The minimum Gasteiger partial charge on any atom is -0.463 e. The van der Waals surface area contributed by atoms with Gasteiger partial charge in [-0.25, -0.2) is 4.79 Å². The molecule has 1 amide bonds. The number of hydrogen-bond acceptors (Lipinski definition) is 10. The number of ether oxygens (including phenoxy) is 6. The van der Waals surface area contributed by atoms with Crippen molar-refractivity contribution in [2.24, 2.45) is 0 Å². The molecule has 1 fully saturated rings. The lowest BCUT2D eigenvalue weighted by Gasteiger charge is -2.39. The SMILES string of the molecule is COCCNC(=O)O[C@H]1C[C@@H](OC(C)=O)[C@@H](OC(C)=O)[C@@H](COC(C)=O)O1. The van der Waals surface area contributed by atoms with Gasteiger partial charge in [0.1, 0.15) is 18.8 Å². The Morgan fingerprint density at radius 2 is 1.67 bits per heavy atom. The van der Waals surface area contributed by atoms with E-state index in [-0.39, 0.29) is 19.6 Å². The Hall–Kier alpha value is -2.40. The Balaban J connectivity index is 2.85. The molecule has 154 valence electrons. The highest BCUT2D eigenvalue weighted by Gasteiger charge is 2.45. The highest BCUT2D eigenvalue weighted by Crippen LogP contribution is 2.27. The van der Waals surface area contributed by atoms with Gasteiger partial charge in [-0.1, -0.05) is 0 Å². The molecule has 1 aliphatic rings. The lowest BCUT2D eigenvalue weighted by molar-refractivity contribution is -0.251. The molecule has 0 aromatic carbocycles. The molecule has 1 heterocycles. The van der Waals surface area contributed by atoms with Crippen LogP contribution in [0.15, 0.2) is 0 Å². The number of alkyl carbamates (subject to hydrolysis) is 1. The summed E-state index contributed by atoms with van der Waals surface area (Å²) in [5.74, 6) is -1.83. The van der Waals surface area contributed by atoms with Gasteiger partial charge in [0.05, 0.1) is 13.0 Å². The number of rotatable bonds is 8. The highest BCUT2D eigenvalue weighted by molar-refractivity contribution is 5.68. The van der Waals surface area contributed by atoms with Crippen molar-refractivity contribution in [2.45, 2.75) is 51.8 Å². The first-order chi connectivity index (χ1) is 12.7. The molecule has 4 atom stereocenters. The van der Waals surface area contributed by atoms with Gasteiger partial charge < -0.3 is 33.7 Å². The minimum atomic E-state index is -1.11. The maximum absolute atomic E-state index is 11.8. The van der Waals surface area contributed by atoms with Gasteiger partial charge in [0.15, 0.2) is 6.10 Å². The molecular weight excluding hydrogens is 366 g/mol. The van der Waals surface area contributed by atoms with Crippen LogP contribution in [0, 0.1) is 0 Å². The largest absolute Gasteiger partial charge is 0.463 e. The van der Waals surface area contributed by atoms with Gasteiger partial charge in [0, 0.05) is 34.4 Å². The van der Waals surface area contributed by atoms with Crippen LogP contribution in [0.5, 0.6) is 0 Å². The van der Waals surface area contributed by atoms with Crippen molar-refractivity contribution >= 4 is 24.0 Å². The normalized spacial score (nSPS) is 24.4. The Bertz CT molecular complexity index is 537. The van der Waals surface area contributed by atoms with E-state index in [1.165, 1.54) is 27.9 Å². The molecule has 1 saturated heterocycles. The number of esters is 3. The van der Waals surface area contributed by atoms with E-state index in [9.17, 15) is 19.2 Å². The van der Waals surface area contributed by atoms with Crippen LogP contribution in [0.3, 0.4) is 0 Å². The summed E-state index contributed by atoms with van der Waals surface area (Å²) in [6.07, 6.45) is -4.90. The second kappa shape index (κ2) is 11.3. The lowest BCUT2D eigenvalue weighted by Crippen LogP contribution is -2.54. The molecular formula is C16H25NO10. The summed E-state index contributed by atoms with van der Waals surface area (Å²) in [5, 5.41) is 2.45. The first-order valence-electron chi connectivity index (χ1n) is 8.29. The Morgan fingerprint density at radius 1 is 1.00 bits per heavy atom. The van der Waals surface area contributed by atoms with E-state index in [1.807, 2.05) is 0 Å². The van der Waals surface area contributed by atoms with Crippen molar-refractivity contribution < 1.29 is 47.6 Å². The van der Waals surface area contributed by atoms with E-state index in [4.69, 9.17) is 28.4 Å². The fourth-order valence-corrected chi connectivity index (χ4v) is 2.39. The van der Waals surface area contributed by atoms with Crippen molar-refractivity contribution in [1.82, 2.24) is 5.32 Å². The lowest BCUT2D eigenvalue weighted by atomic mass is 10.0. The van der Waals surface area contributed by atoms with Crippen molar-refractivity contribution in [3.05, 3.63) is 0 Å². The van der Waals surface area contributed by atoms with E-state index in [0.29, 0.717) is 6.61 Å². The second-order valence-corrected chi connectivity index (χ2v) is 5.69. The summed E-state index contributed by atoms with van der Waals surface area (Å²) in [5.41, 5.74) is 0. The Morgan fingerprint density at radius 3 is 2.22 bits per heavy atom. The van der Waals surface area contributed by atoms with E-state index >= 15 is 0 Å². The summed E-state index contributed by atoms with van der Waals surface area (Å²) >= 11 is 0. The van der Waals surface area contributed by atoms with Gasteiger partial charge in [0.2, 0.25) is 6.29 Å². The van der Waals surface area contributed by atoms with Crippen LogP contribution in [0.25, 0.3) is 0 Å². The number of amides is 1. The fourth-order valence-electron chi connectivity index (χ4n) is 2.39. The van der Waals surface area contributed by atoms with Crippen LogP contribution in [-0.4, -0.2) is 75.5 Å². The zero-order chi connectivity index (χ0) is 20.4. The van der Waals surface area contributed by atoms with Crippen LogP contribution in [0.2, 0.25) is 0 Å². The maximum atomic E-state index is 11.8. The molecule has 0 aliphatic carbocycles. The monoisotopic (exact) mass is 391 g/mol. The standard InChI is InChI=1S/C16H25NO10/c1-9(18)23-8-13-15(25-11(3)20)12(24-10(2)19)7-14(26-13)27-16(21)17-5-6-22-4/h12-15H,5-8H2,1-4H3,(H,17,21)/t12-,13-,14+,15-/m1/s1. The number of carbonyl (C=O) groups excluding carboxylic acids is 4. The van der Waals surface area contributed by atoms with Gasteiger partial charge in [-0.3, -0.25) is 14.4 Å². The van der Waals surface area contributed by atoms with E-state index in [0.717, 1.165) is 0 Å². The first-order valence-corrected chi connectivity index (χ1v) is 8.29. The molecule has 11 heteroatoms. The average molecular weight is 391 g/mol. The smallest absolute Gasteiger partial charge is 0.409 e. The van der Waals surface area contributed by atoms with Crippen LogP contribution in [0.1, 0.15) is 27.2 Å². The molecule has 0 aromatic heterocycles. The Labute approximate surface area is 156 Å². The number of carbonyl (C=O) groups is 4.